The van der Waals surface area contributed by atoms with E-state index in [9.17, 15) is 8.42 Å². The van der Waals surface area contributed by atoms with Gasteiger partial charge >= 0.3 is 0 Å². The lowest BCUT2D eigenvalue weighted by molar-refractivity contribution is 0.101. The van der Waals surface area contributed by atoms with Gasteiger partial charge in [-0.25, -0.2) is 23.1 Å². The highest BCUT2D eigenvalue weighted by Gasteiger charge is 2.42. The summed E-state index contributed by atoms with van der Waals surface area (Å²) < 4.78 is 28.5. The second-order valence-corrected chi connectivity index (χ2v) is 11.5. The van der Waals surface area contributed by atoms with Crippen molar-refractivity contribution in [2.45, 2.75) is 62.6 Å². The van der Waals surface area contributed by atoms with Gasteiger partial charge in [0.2, 0.25) is 10.0 Å². The van der Waals surface area contributed by atoms with Crippen LogP contribution in [0.25, 0.3) is 21.9 Å². The third-order valence-corrected chi connectivity index (χ3v) is 9.09. The van der Waals surface area contributed by atoms with Crippen LogP contribution in [-0.2, 0) is 10.0 Å². The maximum absolute atomic E-state index is 12.8. The fourth-order valence-electron chi connectivity index (χ4n) is 4.48. The van der Waals surface area contributed by atoms with Gasteiger partial charge in [-0.3, -0.25) is 4.90 Å². The lowest BCUT2D eigenvalue weighted by Crippen LogP contribution is -2.63. The van der Waals surface area contributed by atoms with Crippen LogP contribution in [-0.4, -0.2) is 65.5 Å². The van der Waals surface area contributed by atoms with Gasteiger partial charge in [-0.05, 0) is 59.7 Å². The SMILES string of the molecule is CC1N(c2ncnc3[nH]c4cc(S(=O)(=O)NC5(C)CC5)ccc4c23)CCN(C)C1(C)C. The summed E-state index contributed by atoms with van der Waals surface area (Å²) >= 11 is 0. The van der Waals surface area contributed by atoms with Crippen molar-refractivity contribution in [3.05, 3.63) is 24.5 Å². The Hall–Kier alpha value is -2.23. The summed E-state index contributed by atoms with van der Waals surface area (Å²) in [5, 5.41) is 1.88. The number of aromatic nitrogens is 3. The number of H-pyrrole nitrogens is 1. The molecule has 1 aliphatic carbocycles. The van der Waals surface area contributed by atoms with Crippen LogP contribution in [0.1, 0.15) is 40.5 Å². The zero-order chi connectivity index (χ0) is 22.2. The summed E-state index contributed by atoms with van der Waals surface area (Å²) in [6, 6.07) is 5.50. The monoisotopic (exact) mass is 442 g/mol. The minimum Gasteiger partial charge on any atom is -0.350 e. The molecule has 1 saturated heterocycles. The van der Waals surface area contributed by atoms with Gasteiger partial charge in [0.25, 0.3) is 0 Å². The zero-order valence-corrected chi connectivity index (χ0v) is 19.5. The summed E-state index contributed by atoms with van der Waals surface area (Å²) in [7, 11) is -1.41. The van der Waals surface area contributed by atoms with E-state index >= 15 is 0 Å². The van der Waals surface area contributed by atoms with Crippen LogP contribution >= 0.6 is 0 Å². The van der Waals surface area contributed by atoms with Crippen molar-refractivity contribution >= 4 is 37.8 Å². The first-order valence-electron chi connectivity index (χ1n) is 10.8. The van der Waals surface area contributed by atoms with Crippen LogP contribution in [0.3, 0.4) is 0 Å². The average molecular weight is 443 g/mol. The van der Waals surface area contributed by atoms with E-state index < -0.39 is 10.0 Å². The van der Waals surface area contributed by atoms with Crippen molar-refractivity contribution < 1.29 is 8.42 Å². The van der Waals surface area contributed by atoms with Crippen molar-refractivity contribution in [3.63, 3.8) is 0 Å². The molecule has 3 heterocycles. The molecule has 1 aliphatic heterocycles. The fourth-order valence-corrected chi connectivity index (χ4v) is 5.97. The molecule has 0 spiro atoms. The van der Waals surface area contributed by atoms with Gasteiger partial charge in [0.05, 0.1) is 10.3 Å². The topological polar surface area (TPSA) is 94.2 Å². The molecule has 1 saturated carbocycles. The van der Waals surface area contributed by atoms with Gasteiger partial charge in [0.1, 0.15) is 17.8 Å². The smallest absolute Gasteiger partial charge is 0.241 e. The molecule has 1 unspecified atom stereocenters. The number of nitrogens with zero attached hydrogens (tertiary/aromatic N) is 4. The number of hydrogen-bond acceptors (Lipinski definition) is 6. The summed E-state index contributed by atoms with van der Waals surface area (Å²) in [4.78, 5) is 17.4. The van der Waals surface area contributed by atoms with Gasteiger partial charge in [-0.2, -0.15) is 0 Å². The van der Waals surface area contributed by atoms with E-state index in [1.807, 2.05) is 13.0 Å². The molecular weight excluding hydrogens is 412 g/mol. The number of anilines is 1. The molecule has 2 aromatic heterocycles. The van der Waals surface area contributed by atoms with Gasteiger partial charge in [-0.1, -0.05) is 6.07 Å². The third-order valence-electron chi connectivity index (χ3n) is 7.45. The van der Waals surface area contributed by atoms with Crippen molar-refractivity contribution in [2.24, 2.45) is 0 Å². The van der Waals surface area contributed by atoms with E-state index in [1.165, 1.54) is 0 Å². The average Bonchev–Trinajstić information content (AvgIpc) is 3.30. The maximum atomic E-state index is 12.8. The molecule has 0 radical (unpaired) electrons. The van der Waals surface area contributed by atoms with Crippen LogP contribution in [0, 0.1) is 0 Å². The number of fused-ring (bicyclic) bond motifs is 3. The largest absolute Gasteiger partial charge is 0.350 e. The number of sulfonamides is 1. The summed E-state index contributed by atoms with van der Waals surface area (Å²) in [5.41, 5.74) is 1.16. The summed E-state index contributed by atoms with van der Waals surface area (Å²) in [5.74, 6) is 0.893. The Balaban J connectivity index is 1.61. The fraction of sp³-hybridized carbons (Fsp3) is 0.545. The molecule has 1 atom stereocenters. The van der Waals surface area contributed by atoms with E-state index in [-0.39, 0.29) is 22.0 Å². The number of piperazine rings is 1. The first-order valence-corrected chi connectivity index (χ1v) is 12.3. The molecule has 31 heavy (non-hydrogen) atoms. The zero-order valence-electron chi connectivity index (χ0n) is 18.7. The Labute approximate surface area is 183 Å². The molecule has 0 bridgehead atoms. The van der Waals surface area contributed by atoms with E-state index in [0.717, 1.165) is 53.7 Å². The Morgan fingerprint density at radius 2 is 1.90 bits per heavy atom. The van der Waals surface area contributed by atoms with Gasteiger partial charge in [0, 0.05) is 41.1 Å². The summed E-state index contributed by atoms with van der Waals surface area (Å²) in [6.07, 6.45) is 3.33. The Morgan fingerprint density at radius 1 is 1.16 bits per heavy atom. The minimum atomic E-state index is -3.57. The molecule has 2 N–H and O–H groups in total. The molecule has 3 aromatic rings. The molecule has 8 nitrogen and oxygen atoms in total. The van der Waals surface area contributed by atoms with Gasteiger partial charge in [-0.15, -0.1) is 0 Å². The molecule has 2 fully saturated rings. The normalized spacial score (nSPS) is 23.5. The second-order valence-electron chi connectivity index (χ2n) is 9.86. The quantitative estimate of drug-likeness (QED) is 0.645. The van der Waals surface area contributed by atoms with Crippen LogP contribution in [0.15, 0.2) is 29.4 Å². The second kappa shape index (κ2) is 6.63. The van der Waals surface area contributed by atoms with Crippen molar-refractivity contribution in [1.29, 1.82) is 0 Å². The Morgan fingerprint density at radius 3 is 2.61 bits per heavy atom. The number of rotatable bonds is 4. The highest BCUT2D eigenvalue weighted by atomic mass is 32.2. The highest BCUT2D eigenvalue weighted by molar-refractivity contribution is 7.89. The molecular formula is C22H30N6O2S. The predicted octanol–water partition coefficient (Wildman–Crippen LogP) is 2.86. The lowest BCUT2D eigenvalue weighted by atomic mass is 9.90. The van der Waals surface area contributed by atoms with Crippen molar-refractivity contribution in [2.75, 3.05) is 25.0 Å². The molecule has 0 amide bonds. The summed E-state index contributed by atoms with van der Waals surface area (Å²) in [6.45, 7) is 10.5. The number of likely N-dealkylation sites (N-methyl/N-ethyl adjacent to an activating group) is 1. The lowest BCUT2D eigenvalue weighted by Gasteiger charge is -2.51. The van der Waals surface area contributed by atoms with E-state index in [1.54, 1.807) is 18.5 Å². The first kappa shape index (κ1) is 20.7. The van der Waals surface area contributed by atoms with Crippen LogP contribution in [0.4, 0.5) is 5.82 Å². The molecule has 9 heteroatoms. The van der Waals surface area contributed by atoms with E-state index in [2.05, 4.69) is 57.3 Å². The van der Waals surface area contributed by atoms with Gasteiger partial charge < -0.3 is 9.88 Å². The first-order chi connectivity index (χ1) is 14.5. The minimum absolute atomic E-state index is 0.00648. The molecule has 166 valence electrons. The standard InChI is InChI=1S/C22H30N6O2S/c1-14-21(2,3)27(5)10-11-28(14)20-18-16-7-6-15(31(29,30)26-22(4)8-9-22)12-17(16)25-19(18)23-13-24-20/h6-7,12-14,26H,8-11H2,1-5H3,(H,23,24,25). The number of nitrogens with one attached hydrogen (secondary N) is 2. The van der Waals surface area contributed by atoms with Crippen molar-refractivity contribution in [1.82, 2.24) is 24.6 Å². The van der Waals surface area contributed by atoms with Gasteiger partial charge in [0.15, 0.2) is 0 Å². The molecule has 5 rings (SSSR count). The maximum Gasteiger partial charge on any atom is 0.241 e. The Bertz CT molecular complexity index is 1280. The van der Waals surface area contributed by atoms with E-state index in [4.69, 9.17) is 0 Å². The van der Waals surface area contributed by atoms with Crippen LogP contribution in [0.2, 0.25) is 0 Å². The highest BCUT2D eigenvalue weighted by Crippen LogP contribution is 2.38. The predicted molar refractivity (Wildman–Crippen MR) is 123 cm³/mol. The van der Waals surface area contributed by atoms with Crippen LogP contribution < -0.4 is 9.62 Å². The number of hydrogen-bond donors (Lipinski definition) is 2. The van der Waals surface area contributed by atoms with Crippen molar-refractivity contribution in [3.8, 4) is 0 Å². The third kappa shape index (κ3) is 3.30. The Kier molecular flexibility index (Phi) is 4.42. The molecule has 1 aromatic carbocycles. The van der Waals surface area contributed by atoms with Crippen LogP contribution in [0.5, 0.6) is 0 Å². The van der Waals surface area contributed by atoms with E-state index in [0.29, 0.717) is 0 Å². The molecule has 2 aliphatic rings. The number of aromatic amines is 1. The number of benzene rings is 1.